The first kappa shape index (κ1) is 14.4. The van der Waals surface area contributed by atoms with Crippen molar-refractivity contribution in [2.45, 2.75) is 19.3 Å². The Morgan fingerprint density at radius 1 is 1.14 bits per heavy atom. The Labute approximate surface area is 129 Å². The fourth-order valence-electron chi connectivity index (χ4n) is 2.70. The fourth-order valence-corrected chi connectivity index (χ4v) is 2.70. The summed E-state index contributed by atoms with van der Waals surface area (Å²) in [5.41, 5.74) is 2.88. The molecule has 3 rings (SSSR count). The highest BCUT2D eigenvalue weighted by molar-refractivity contribution is 5.77. The molecule has 2 aromatic carbocycles. The van der Waals surface area contributed by atoms with Gasteiger partial charge in [-0.25, -0.2) is 0 Å². The Morgan fingerprint density at radius 3 is 2.64 bits per heavy atom. The fraction of sp³-hybridized carbons (Fsp3) is 0.278. The van der Waals surface area contributed by atoms with Crippen LogP contribution in [0.4, 0.5) is 0 Å². The van der Waals surface area contributed by atoms with Gasteiger partial charge < -0.3 is 14.6 Å². The quantitative estimate of drug-likeness (QED) is 0.942. The number of benzene rings is 2. The van der Waals surface area contributed by atoms with E-state index in [1.54, 1.807) is 12.1 Å². The minimum absolute atomic E-state index is 0.455. The van der Waals surface area contributed by atoms with Gasteiger partial charge in [-0.05, 0) is 36.6 Å². The Hall–Kier alpha value is -2.49. The number of hydrogen-bond acceptors (Lipinski definition) is 3. The van der Waals surface area contributed by atoms with Crippen LogP contribution in [-0.4, -0.2) is 24.3 Å². The molecular formula is C18H18O4. The van der Waals surface area contributed by atoms with E-state index >= 15 is 0 Å². The van der Waals surface area contributed by atoms with Crippen LogP contribution in [0.5, 0.6) is 11.5 Å². The molecule has 0 radical (unpaired) electrons. The summed E-state index contributed by atoms with van der Waals surface area (Å²) >= 11 is 0. The average Bonchev–Trinajstić information content (AvgIpc) is 2.52. The number of hydrogen-bond donors (Lipinski definition) is 1. The third-order valence-electron chi connectivity index (χ3n) is 3.79. The second-order valence-corrected chi connectivity index (χ2v) is 5.49. The molecule has 0 amide bonds. The molecule has 2 aromatic rings. The van der Waals surface area contributed by atoms with E-state index in [0.717, 1.165) is 16.7 Å². The van der Waals surface area contributed by atoms with Crippen LogP contribution in [0.25, 0.3) is 0 Å². The van der Waals surface area contributed by atoms with E-state index in [-0.39, 0.29) is 0 Å². The van der Waals surface area contributed by atoms with E-state index in [2.05, 4.69) is 0 Å². The first-order valence-electron chi connectivity index (χ1n) is 7.31. The molecule has 0 aliphatic carbocycles. The van der Waals surface area contributed by atoms with Crippen LogP contribution in [0.3, 0.4) is 0 Å². The summed E-state index contributed by atoms with van der Waals surface area (Å²) in [7, 11) is 0. The lowest BCUT2D eigenvalue weighted by molar-refractivity contribution is -0.138. The molecule has 0 aromatic heterocycles. The largest absolute Gasteiger partial charge is 0.486 e. The molecule has 22 heavy (non-hydrogen) atoms. The third kappa shape index (κ3) is 3.06. The van der Waals surface area contributed by atoms with E-state index in [1.807, 2.05) is 37.3 Å². The summed E-state index contributed by atoms with van der Waals surface area (Å²) in [6.07, 6.45) is 0.455. The number of fused-ring (bicyclic) bond motifs is 1. The van der Waals surface area contributed by atoms with Crippen molar-refractivity contribution in [3.63, 3.8) is 0 Å². The monoisotopic (exact) mass is 298 g/mol. The highest BCUT2D eigenvalue weighted by Crippen LogP contribution is 2.34. The number of rotatable bonds is 4. The molecule has 1 aliphatic rings. The summed E-state index contributed by atoms with van der Waals surface area (Å²) in [5.74, 6) is -0.134. The SMILES string of the molecule is Cc1cccc(CC(C(=O)O)c2ccc3c(c2)OCCO3)c1. The molecule has 114 valence electrons. The molecule has 1 heterocycles. The van der Waals surface area contributed by atoms with E-state index in [9.17, 15) is 9.90 Å². The highest BCUT2D eigenvalue weighted by atomic mass is 16.6. The molecule has 4 heteroatoms. The van der Waals surface area contributed by atoms with Crippen LogP contribution in [-0.2, 0) is 11.2 Å². The maximum atomic E-state index is 11.7. The van der Waals surface area contributed by atoms with Crippen molar-refractivity contribution >= 4 is 5.97 Å². The number of aliphatic carboxylic acids is 1. The van der Waals surface area contributed by atoms with E-state index < -0.39 is 11.9 Å². The minimum Gasteiger partial charge on any atom is -0.486 e. The second-order valence-electron chi connectivity index (χ2n) is 5.49. The van der Waals surface area contributed by atoms with Crippen LogP contribution in [0.1, 0.15) is 22.6 Å². The van der Waals surface area contributed by atoms with Gasteiger partial charge in [0.25, 0.3) is 0 Å². The van der Waals surface area contributed by atoms with Gasteiger partial charge in [-0.2, -0.15) is 0 Å². The lowest BCUT2D eigenvalue weighted by Gasteiger charge is -2.20. The highest BCUT2D eigenvalue weighted by Gasteiger charge is 2.23. The topological polar surface area (TPSA) is 55.8 Å². The van der Waals surface area contributed by atoms with Gasteiger partial charge in [0.1, 0.15) is 13.2 Å². The number of ether oxygens (including phenoxy) is 2. The van der Waals surface area contributed by atoms with Crippen molar-refractivity contribution in [1.82, 2.24) is 0 Å². The number of carbonyl (C=O) groups is 1. The van der Waals surface area contributed by atoms with Gasteiger partial charge in [-0.1, -0.05) is 35.9 Å². The molecule has 1 atom stereocenters. The zero-order valence-corrected chi connectivity index (χ0v) is 12.4. The lowest BCUT2D eigenvalue weighted by atomic mass is 9.91. The molecule has 0 spiro atoms. The van der Waals surface area contributed by atoms with E-state index in [0.29, 0.717) is 31.1 Å². The zero-order chi connectivity index (χ0) is 15.5. The van der Waals surface area contributed by atoms with Crippen LogP contribution in [0, 0.1) is 6.92 Å². The van der Waals surface area contributed by atoms with Crippen molar-refractivity contribution in [3.05, 3.63) is 59.2 Å². The number of carboxylic acids is 1. The molecule has 0 saturated heterocycles. The first-order chi connectivity index (χ1) is 10.6. The summed E-state index contributed by atoms with van der Waals surface area (Å²) in [4.78, 5) is 11.7. The minimum atomic E-state index is -0.835. The van der Waals surface area contributed by atoms with Crippen molar-refractivity contribution in [1.29, 1.82) is 0 Å². The molecule has 4 nitrogen and oxygen atoms in total. The molecule has 0 fully saturated rings. The van der Waals surface area contributed by atoms with Gasteiger partial charge in [0, 0.05) is 0 Å². The second kappa shape index (κ2) is 6.10. The maximum absolute atomic E-state index is 11.7. The van der Waals surface area contributed by atoms with Gasteiger partial charge in [0.05, 0.1) is 5.92 Å². The number of aryl methyl sites for hydroxylation is 1. The van der Waals surface area contributed by atoms with Crippen molar-refractivity contribution in [3.8, 4) is 11.5 Å². The maximum Gasteiger partial charge on any atom is 0.311 e. The summed E-state index contributed by atoms with van der Waals surface area (Å²) in [5, 5.41) is 9.59. The molecule has 1 aliphatic heterocycles. The van der Waals surface area contributed by atoms with Gasteiger partial charge in [-0.3, -0.25) is 4.79 Å². The van der Waals surface area contributed by atoms with Crippen LogP contribution < -0.4 is 9.47 Å². The molecule has 1 N–H and O–H groups in total. The third-order valence-corrected chi connectivity index (χ3v) is 3.79. The predicted molar refractivity (Wildman–Crippen MR) is 82.7 cm³/mol. The van der Waals surface area contributed by atoms with Gasteiger partial charge in [0.15, 0.2) is 11.5 Å². The molecular weight excluding hydrogens is 280 g/mol. The summed E-state index contributed by atoms with van der Waals surface area (Å²) in [6.45, 7) is 3.02. The molecule has 0 saturated carbocycles. The zero-order valence-electron chi connectivity index (χ0n) is 12.4. The van der Waals surface area contributed by atoms with Gasteiger partial charge in [-0.15, -0.1) is 0 Å². The summed E-state index contributed by atoms with van der Waals surface area (Å²) in [6, 6.07) is 13.3. The normalized spacial score (nSPS) is 14.4. The molecule has 0 bridgehead atoms. The average molecular weight is 298 g/mol. The summed E-state index contributed by atoms with van der Waals surface area (Å²) < 4.78 is 11.0. The van der Waals surface area contributed by atoms with Crippen LogP contribution in [0.2, 0.25) is 0 Å². The first-order valence-corrected chi connectivity index (χ1v) is 7.31. The van der Waals surface area contributed by atoms with Crippen LogP contribution >= 0.6 is 0 Å². The van der Waals surface area contributed by atoms with Crippen LogP contribution in [0.15, 0.2) is 42.5 Å². The lowest BCUT2D eigenvalue weighted by Crippen LogP contribution is -2.18. The van der Waals surface area contributed by atoms with Crippen molar-refractivity contribution < 1.29 is 19.4 Å². The smallest absolute Gasteiger partial charge is 0.311 e. The molecule has 1 unspecified atom stereocenters. The van der Waals surface area contributed by atoms with E-state index in [4.69, 9.17) is 9.47 Å². The Balaban J connectivity index is 1.89. The van der Waals surface area contributed by atoms with Gasteiger partial charge >= 0.3 is 5.97 Å². The standard InChI is InChI=1S/C18H18O4/c1-12-3-2-4-13(9-12)10-15(18(19)20)14-5-6-16-17(11-14)22-8-7-21-16/h2-6,9,11,15H,7-8,10H2,1H3,(H,19,20). The van der Waals surface area contributed by atoms with Gasteiger partial charge in [0.2, 0.25) is 0 Å². The Kier molecular flexibility index (Phi) is 4.00. The van der Waals surface area contributed by atoms with Crippen molar-refractivity contribution in [2.75, 3.05) is 13.2 Å². The Bertz CT molecular complexity index is 693. The number of carboxylic acid groups (broad SMARTS) is 1. The van der Waals surface area contributed by atoms with E-state index in [1.165, 1.54) is 0 Å². The predicted octanol–water partition coefficient (Wildman–Crippen LogP) is 3.18. The Morgan fingerprint density at radius 2 is 1.91 bits per heavy atom. The van der Waals surface area contributed by atoms with Crippen molar-refractivity contribution in [2.24, 2.45) is 0 Å².